The Morgan fingerprint density at radius 1 is 1.33 bits per heavy atom. The van der Waals surface area contributed by atoms with Crippen LogP contribution in [-0.2, 0) is 17.3 Å². The fourth-order valence-electron chi connectivity index (χ4n) is 1.06. The number of hydrogen-bond donors (Lipinski definition) is 0. The van der Waals surface area contributed by atoms with Crippen LogP contribution in [0.2, 0.25) is 0 Å². The minimum Gasteiger partial charge on any atom is -0.768 e. The van der Waals surface area contributed by atoms with Crippen molar-refractivity contribution in [2.45, 2.75) is 18.0 Å². The summed E-state index contributed by atoms with van der Waals surface area (Å²) in [5, 5.41) is 0. The summed E-state index contributed by atoms with van der Waals surface area (Å²) in [6.07, 6.45) is -4.44. The van der Waals surface area contributed by atoms with Gasteiger partial charge < -0.3 is 4.55 Å². The van der Waals surface area contributed by atoms with Crippen molar-refractivity contribution in [2.24, 2.45) is 0 Å². The van der Waals surface area contributed by atoms with Gasteiger partial charge >= 0.3 is 35.7 Å². The zero-order valence-electron chi connectivity index (χ0n) is 8.09. The SMILES string of the molecule is Cc1cc(S(=O)[O-])ccc1C(F)(F)F.[Na+]. The van der Waals surface area contributed by atoms with Crippen LogP contribution in [0.3, 0.4) is 0 Å². The minimum absolute atomic E-state index is 0. The van der Waals surface area contributed by atoms with Crippen LogP contribution in [0.4, 0.5) is 13.2 Å². The Kier molecular flexibility index (Phi) is 5.49. The third-order valence-corrected chi connectivity index (χ3v) is 2.33. The fraction of sp³-hybridized carbons (Fsp3) is 0.250. The fourth-order valence-corrected chi connectivity index (χ4v) is 1.51. The third-order valence-electron chi connectivity index (χ3n) is 1.70. The van der Waals surface area contributed by atoms with E-state index in [1.54, 1.807) is 0 Å². The molecule has 0 fully saturated rings. The molecule has 0 aliphatic rings. The zero-order chi connectivity index (χ0) is 10.9. The second-order valence-electron chi connectivity index (χ2n) is 2.71. The third kappa shape index (κ3) is 3.88. The summed E-state index contributed by atoms with van der Waals surface area (Å²) in [7, 11) is 0. The Bertz CT molecular complexity index is 379. The average Bonchev–Trinajstić information content (AvgIpc) is 2.01. The maximum absolute atomic E-state index is 12.2. The molecule has 0 spiro atoms. The molecule has 0 bridgehead atoms. The first-order chi connectivity index (χ1) is 6.32. The first kappa shape index (κ1) is 15.1. The summed E-state index contributed by atoms with van der Waals surface area (Å²) in [4.78, 5) is -0.143. The molecule has 1 aromatic rings. The van der Waals surface area contributed by atoms with Gasteiger partial charge in [0, 0.05) is 4.90 Å². The van der Waals surface area contributed by atoms with Crippen LogP contribution in [0, 0.1) is 6.92 Å². The van der Waals surface area contributed by atoms with Gasteiger partial charge in [0.05, 0.1) is 5.56 Å². The van der Waals surface area contributed by atoms with Crippen LogP contribution < -0.4 is 29.6 Å². The molecule has 1 unspecified atom stereocenters. The Balaban J connectivity index is 0.00000196. The normalized spacial score (nSPS) is 13.1. The molecular formula is C8H6F3NaO2S. The predicted molar refractivity (Wildman–Crippen MR) is 43.4 cm³/mol. The average molecular weight is 246 g/mol. The topological polar surface area (TPSA) is 40.1 Å². The van der Waals surface area contributed by atoms with Crippen molar-refractivity contribution in [1.82, 2.24) is 0 Å². The standard InChI is InChI=1S/C8H7F3O2S.Na/c1-5-4-6(14(12)13)2-3-7(5)8(9,10)11;/h2-4H,1H3,(H,12,13);/q;+1/p-1. The first-order valence-electron chi connectivity index (χ1n) is 3.59. The monoisotopic (exact) mass is 246 g/mol. The van der Waals surface area contributed by atoms with Gasteiger partial charge in [-0.25, -0.2) is 0 Å². The quantitative estimate of drug-likeness (QED) is 0.483. The molecule has 0 aliphatic carbocycles. The minimum atomic E-state index is -4.44. The molecule has 0 saturated carbocycles. The Morgan fingerprint density at radius 3 is 2.20 bits per heavy atom. The zero-order valence-corrected chi connectivity index (χ0v) is 10.9. The van der Waals surface area contributed by atoms with Crippen LogP contribution in [0.1, 0.15) is 11.1 Å². The van der Waals surface area contributed by atoms with E-state index < -0.39 is 22.8 Å². The van der Waals surface area contributed by atoms with Gasteiger partial charge in [-0.15, -0.1) is 0 Å². The molecule has 0 aromatic heterocycles. The van der Waals surface area contributed by atoms with E-state index in [0.29, 0.717) is 0 Å². The van der Waals surface area contributed by atoms with Crippen LogP contribution in [-0.4, -0.2) is 8.76 Å². The van der Waals surface area contributed by atoms with E-state index in [1.165, 1.54) is 6.92 Å². The van der Waals surface area contributed by atoms with Crippen LogP contribution >= 0.6 is 0 Å². The van der Waals surface area contributed by atoms with Crippen molar-refractivity contribution in [2.75, 3.05) is 0 Å². The number of aryl methyl sites for hydroxylation is 1. The second-order valence-corrected chi connectivity index (χ2v) is 3.65. The van der Waals surface area contributed by atoms with Gasteiger partial charge in [-0.1, -0.05) is 0 Å². The summed E-state index contributed by atoms with van der Waals surface area (Å²) in [5.41, 5.74) is -0.911. The Hall–Kier alpha value is 0.120. The van der Waals surface area contributed by atoms with Crippen molar-refractivity contribution in [3.05, 3.63) is 29.3 Å². The van der Waals surface area contributed by atoms with Crippen molar-refractivity contribution in [3.63, 3.8) is 0 Å². The predicted octanol–water partition coefficient (Wildman–Crippen LogP) is -0.744. The summed E-state index contributed by atoms with van der Waals surface area (Å²) in [6, 6.07) is 2.69. The number of benzene rings is 1. The van der Waals surface area contributed by atoms with Crippen LogP contribution in [0.25, 0.3) is 0 Å². The molecule has 1 rings (SSSR count). The molecule has 0 heterocycles. The summed E-state index contributed by atoms with van der Waals surface area (Å²) in [5.74, 6) is 0. The van der Waals surface area contributed by atoms with Gasteiger partial charge in [0.2, 0.25) is 0 Å². The summed E-state index contributed by atoms with van der Waals surface area (Å²) < 4.78 is 57.5. The number of rotatable bonds is 1. The van der Waals surface area contributed by atoms with Crippen molar-refractivity contribution in [1.29, 1.82) is 0 Å². The smallest absolute Gasteiger partial charge is 0.768 e. The largest absolute Gasteiger partial charge is 1.00 e. The Morgan fingerprint density at radius 2 is 1.87 bits per heavy atom. The van der Waals surface area contributed by atoms with Crippen molar-refractivity contribution < 1.29 is 51.5 Å². The molecule has 78 valence electrons. The van der Waals surface area contributed by atoms with Gasteiger partial charge in [-0.2, -0.15) is 13.2 Å². The van der Waals surface area contributed by atoms with Crippen molar-refractivity contribution in [3.8, 4) is 0 Å². The van der Waals surface area contributed by atoms with Gasteiger partial charge in [0.1, 0.15) is 0 Å². The first-order valence-corrected chi connectivity index (χ1v) is 4.67. The van der Waals surface area contributed by atoms with Gasteiger partial charge in [0.15, 0.2) is 0 Å². The maximum atomic E-state index is 12.2. The van der Waals surface area contributed by atoms with Gasteiger partial charge in [0.25, 0.3) is 0 Å². The van der Waals surface area contributed by atoms with E-state index in [-0.39, 0.29) is 40.0 Å². The van der Waals surface area contributed by atoms with Crippen molar-refractivity contribution >= 4 is 11.1 Å². The van der Waals surface area contributed by atoms with E-state index >= 15 is 0 Å². The maximum Gasteiger partial charge on any atom is 1.00 e. The van der Waals surface area contributed by atoms with Crippen LogP contribution in [0.5, 0.6) is 0 Å². The van der Waals surface area contributed by atoms with E-state index in [1.807, 2.05) is 0 Å². The van der Waals surface area contributed by atoms with E-state index in [2.05, 4.69) is 0 Å². The summed E-state index contributed by atoms with van der Waals surface area (Å²) in [6.45, 7) is 1.22. The molecule has 7 heteroatoms. The van der Waals surface area contributed by atoms with Crippen LogP contribution in [0.15, 0.2) is 23.1 Å². The van der Waals surface area contributed by atoms with E-state index in [9.17, 15) is 21.9 Å². The molecule has 0 aliphatic heterocycles. The molecule has 15 heavy (non-hydrogen) atoms. The molecule has 1 aromatic carbocycles. The van der Waals surface area contributed by atoms with E-state index in [0.717, 1.165) is 18.2 Å². The summed E-state index contributed by atoms with van der Waals surface area (Å²) >= 11 is -2.49. The number of alkyl halides is 3. The Labute approximate surface area is 109 Å². The molecule has 0 amide bonds. The molecule has 0 N–H and O–H groups in total. The molecule has 0 saturated heterocycles. The van der Waals surface area contributed by atoms with Gasteiger partial charge in [-0.05, 0) is 41.8 Å². The number of hydrogen-bond acceptors (Lipinski definition) is 2. The van der Waals surface area contributed by atoms with E-state index in [4.69, 9.17) is 0 Å². The second kappa shape index (κ2) is 5.45. The molecule has 1 atom stereocenters. The van der Waals surface area contributed by atoms with Gasteiger partial charge in [-0.3, -0.25) is 4.21 Å². The molecule has 2 nitrogen and oxygen atoms in total. The number of halogens is 3. The molecule has 0 radical (unpaired) electrons. The molecular weight excluding hydrogens is 240 g/mol.